The van der Waals surface area contributed by atoms with Gasteiger partial charge in [-0.15, -0.1) is 11.3 Å². The van der Waals surface area contributed by atoms with E-state index in [0.29, 0.717) is 18.6 Å². The number of methoxy groups -OCH3 is 1. The van der Waals surface area contributed by atoms with Gasteiger partial charge in [-0.25, -0.2) is 13.8 Å². The number of aliphatic hydroxyl groups is 1. The monoisotopic (exact) mass is 486 g/mol. The third-order valence-electron chi connectivity index (χ3n) is 6.59. The van der Waals surface area contributed by atoms with Crippen LogP contribution in [0.25, 0.3) is 11.3 Å². The minimum atomic E-state index is -1.26. The van der Waals surface area contributed by atoms with Crippen LogP contribution in [-0.2, 0) is 12.0 Å². The van der Waals surface area contributed by atoms with Gasteiger partial charge in [0.1, 0.15) is 27.8 Å². The lowest BCUT2D eigenvalue weighted by atomic mass is 9.86. The first kappa shape index (κ1) is 24.8. The predicted molar refractivity (Wildman–Crippen MR) is 133 cm³/mol. The van der Waals surface area contributed by atoms with E-state index in [0.717, 1.165) is 53.3 Å². The van der Waals surface area contributed by atoms with E-state index in [1.807, 2.05) is 23.6 Å². The van der Waals surface area contributed by atoms with E-state index in [4.69, 9.17) is 9.72 Å². The first-order valence-corrected chi connectivity index (χ1v) is 12.6. The van der Waals surface area contributed by atoms with Gasteiger partial charge in [0, 0.05) is 16.5 Å². The van der Waals surface area contributed by atoms with Crippen molar-refractivity contribution in [1.82, 2.24) is 9.88 Å². The third-order valence-corrected chi connectivity index (χ3v) is 7.58. The highest BCUT2D eigenvalue weighted by Crippen LogP contribution is 2.44. The van der Waals surface area contributed by atoms with Gasteiger partial charge in [-0.05, 0) is 94.6 Å². The molecular formula is C27H32F2N2O2S. The Labute approximate surface area is 204 Å². The van der Waals surface area contributed by atoms with Crippen molar-refractivity contribution in [2.45, 2.75) is 50.7 Å². The van der Waals surface area contributed by atoms with Gasteiger partial charge in [-0.1, -0.05) is 6.07 Å². The molecule has 182 valence electrons. The van der Waals surface area contributed by atoms with Crippen molar-refractivity contribution in [2.24, 2.45) is 0 Å². The number of ether oxygens (including phenoxy) is 1. The molecule has 4 rings (SSSR count). The van der Waals surface area contributed by atoms with Gasteiger partial charge >= 0.3 is 0 Å². The Morgan fingerprint density at radius 1 is 1.12 bits per heavy atom. The summed E-state index contributed by atoms with van der Waals surface area (Å²) in [5, 5.41) is 13.7. The number of aromatic nitrogens is 1. The van der Waals surface area contributed by atoms with Crippen molar-refractivity contribution in [2.75, 3.05) is 26.8 Å². The van der Waals surface area contributed by atoms with E-state index >= 15 is 0 Å². The van der Waals surface area contributed by atoms with Crippen LogP contribution in [-0.4, -0.2) is 47.5 Å². The van der Waals surface area contributed by atoms with Gasteiger partial charge < -0.3 is 9.84 Å². The molecule has 0 bridgehead atoms. The van der Waals surface area contributed by atoms with Crippen LogP contribution in [0.4, 0.5) is 8.78 Å². The molecule has 1 atom stereocenters. The number of hydrogen-bond donors (Lipinski definition) is 1. The number of likely N-dealkylation sites (tertiary alicyclic amines) is 1. The summed E-state index contributed by atoms with van der Waals surface area (Å²) in [5.41, 5.74) is 1.26. The van der Waals surface area contributed by atoms with E-state index in [1.54, 1.807) is 33.1 Å². The number of aryl methyl sites for hydroxylation is 1. The second kappa shape index (κ2) is 10.1. The molecule has 4 nitrogen and oxygen atoms in total. The van der Waals surface area contributed by atoms with Gasteiger partial charge in [0.05, 0.1) is 19.4 Å². The highest BCUT2D eigenvalue weighted by atomic mass is 32.1. The van der Waals surface area contributed by atoms with E-state index in [9.17, 15) is 13.9 Å². The van der Waals surface area contributed by atoms with E-state index < -0.39 is 11.2 Å². The number of rotatable bonds is 9. The molecule has 1 unspecified atom stereocenters. The molecule has 3 aromatic rings. The van der Waals surface area contributed by atoms with Crippen molar-refractivity contribution < 1.29 is 18.6 Å². The minimum Gasteiger partial charge on any atom is -0.496 e. The number of hydrogen-bond acceptors (Lipinski definition) is 5. The molecule has 34 heavy (non-hydrogen) atoms. The Hall–Kier alpha value is -2.35. The summed E-state index contributed by atoms with van der Waals surface area (Å²) in [4.78, 5) is 7.22. The van der Waals surface area contributed by atoms with Crippen LogP contribution in [0.2, 0.25) is 0 Å². The van der Waals surface area contributed by atoms with Gasteiger partial charge in [-0.2, -0.15) is 0 Å². The molecule has 0 amide bonds. The largest absolute Gasteiger partial charge is 0.496 e. The average molecular weight is 487 g/mol. The smallest absolute Gasteiger partial charge is 0.126 e. The molecule has 0 saturated carbocycles. The minimum absolute atomic E-state index is 0.169. The van der Waals surface area contributed by atoms with E-state index in [-0.39, 0.29) is 12.4 Å². The maximum absolute atomic E-state index is 14.2. The number of benzene rings is 2. The molecule has 1 aliphatic heterocycles. The summed E-state index contributed by atoms with van der Waals surface area (Å²) in [7, 11) is 1.63. The second-order valence-corrected chi connectivity index (χ2v) is 10.4. The fourth-order valence-corrected chi connectivity index (χ4v) is 5.73. The predicted octanol–water partition coefficient (Wildman–Crippen LogP) is 5.97. The third kappa shape index (κ3) is 5.02. The highest BCUT2D eigenvalue weighted by Gasteiger charge is 2.45. The Bertz CT molecular complexity index is 1100. The Morgan fingerprint density at radius 2 is 1.82 bits per heavy atom. The topological polar surface area (TPSA) is 45.6 Å². The molecule has 2 heterocycles. The number of alkyl halides is 1. The molecule has 1 saturated heterocycles. The van der Waals surface area contributed by atoms with Gasteiger partial charge in [0.25, 0.3) is 0 Å². The molecule has 0 radical (unpaired) electrons. The zero-order chi connectivity index (χ0) is 24.3. The van der Waals surface area contributed by atoms with Crippen LogP contribution >= 0.6 is 11.3 Å². The molecule has 2 aromatic carbocycles. The van der Waals surface area contributed by atoms with Gasteiger partial charge in [-0.3, -0.25) is 4.90 Å². The number of halogens is 2. The quantitative estimate of drug-likeness (QED) is 0.405. The Morgan fingerprint density at radius 3 is 2.44 bits per heavy atom. The van der Waals surface area contributed by atoms with Crippen LogP contribution in [0.15, 0.2) is 47.8 Å². The molecule has 1 N–H and O–H groups in total. The number of thiazole rings is 1. The molecule has 1 fully saturated rings. The zero-order valence-electron chi connectivity index (χ0n) is 20.0. The molecule has 0 aliphatic carbocycles. The summed E-state index contributed by atoms with van der Waals surface area (Å²) >= 11 is 1.48. The summed E-state index contributed by atoms with van der Waals surface area (Å²) in [6.07, 6.45) is 3.06. The lowest BCUT2D eigenvalue weighted by Gasteiger charge is -2.40. The first-order chi connectivity index (χ1) is 16.3. The summed E-state index contributed by atoms with van der Waals surface area (Å²) in [6.45, 7) is 4.67. The molecule has 1 aliphatic rings. The second-order valence-electron chi connectivity index (χ2n) is 9.51. The summed E-state index contributed by atoms with van der Waals surface area (Å²) in [6, 6.07) is 12.2. The molecular weight excluding hydrogens is 454 g/mol. The van der Waals surface area contributed by atoms with Crippen molar-refractivity contribution in [3.63, 3.8) is 0 Å². The van der Waals surface area contributed by atoms with Crippen molar-refractivity contribution in [3.8, 4) is 17.0 Å². The fraction of sp³-hybridized carbons (Fsp3) is 0.444. The summed E-state index contributed by atoms with van der Waals surface area (Å²) < 4.78 is 33.4. The summed E-state index contributed by atoms with van der Waals surface area (Å²) in [5.74, 6) is 0.377. The first-order valence-electron chi connectivity index (χ1n) is 11.7. The lowest BCUT2D eigenvalue weighted by Crippen LogP contribution is -2.48. The zero-order valence-corrected chi connectivity index (χ0v) is 20.8. The van der Waals surface area contributed by atoms with Crippen LogP contribution in [0.5, 0.6) is 5.75 Å². The normalized spacial score (nSPS) is 16.5. The van der Waals surface area contributed by atoms with Crippen molar-refractivity contribution >= 4 is 11.3 Å². The van der Waals surface area contributed by atoms with Crippen LogP contribution in [0, 0.1) is 5.82 Å². The van der Waals surface area contributed by atoms with Gasteiger partial charge in [0.15, 0.2) is 0 Å². The van der Waals surface area contributed by atoms with Crippen LogP contribution < -0.4 is 4.74 Å². The van der Waals surface area contributed by atoms with Gasteiger partial charge in [0.2, 0.25) is 0 Å². The standard InChI is InChI=1S/C27H32F2N2O2S/c1-26(2,29)13-12-19-6-11-24(33-3)22(16-19)27(18-32,31-14-4-5-15-31)25-30-23(17-34-25)20-7-9-21(28)10-8-20/h6-11,16-17,32H,4-5,12-15,18H2,1-3H3. The van der Waals surface area contributed by atoms with Crippen LogP contribution in [0.1, 0.15) is 49.2 Å². The van der Waals surface area contributed by atoms with E-state index in [1.165, 1.54) is 23.5 Å². The molecule has 0 spiro atoms. The van der Waals surface area contributed by atoms with Crippen LogP contribution in [0.3, 0.4) is 0 Å². The van der Waals surface area contributed by atoms with E-state index in [2.05, 4.69) is 4.90 Å². The highest BCUT2D eigenvalue weighted by molar-refractivity contribution is 7.10. The maximum atomic E-state index is 14.2. The molecule has 7 heteroatoms. The van der Waals surface area contributed by atoms with Crippen molar-refractivity contribution in [3.05, 3.63) is 69.8 Å². The lowest BCUT2D eigenvalue weighted by molar-refractivity contribution is 0.0755. The number of aliphatic hydroxyl groups excluding tert-OH is 1. The average Bonchev–Trinajstić information content (AvgIpc) is 3.53. The van der Waals surface area contributed by atoms with Crippen molar-refractivity contribution in [1.29, 1.82) is 0 Å². The Kier molecular flexibility index (Phi) is 7.36. The number of nitrogens with zero attached hydrogens (tertiary/aromatic N) is 2. The SMILES string of the molecule is COc1ccc(CCC(C)(C)F)cc1C(CO)(c1nc(-c2ccc(F)cc2)cs1)N1CCCC1. The maximum Gasteiger partial charge on any atom is 0.126 e. The molecule has 1 aromatic heterocycles. The fourth-order valence-electron chi connectivity index (χ4n) is 4.66. The Balaban J connectivity index is 1.83.